The van der Waals surface area contributed by atoms with Gasteiger partial charge in [-0.25, -0.2) is 0 Å². The number of esters is 1. The maximum absolute atomic E-state index is 13.4. The first-order valence-electron chi connectivity index (χ1n) is 12.5. The third kappa shape index (κ3) is 5.37. The minimum atomic E-state index is -0.944. The van der Waals surface area contributed by atoms with E-state index in [0.29, 0.717) is 25.8 Å². The molecule has 1 unspecified atom stereocenters. The van der Waals surface area contributed by atoms with Gasteiger partial charge in [0.2, 0.25) is 11.8 Å². The van der Waals surface area contributed by atoms with Crippen molar-refractivity contribution in [3.63, 3.8) is 0 Å². The van der Waals surface area contributed by atoms with Crippen LogP contribution in [0, 0.1) is 11.3 Å². The summed E-state index contributed by atoms with van der Waals surface area (Å²) in [5.74, 6) is -0.996. The number of nitrogens with zero attached hydrogens (tertiary/aromatic N) is 2. The molecule has 34 heavy (non-hydrogen) atoms. The van der Waals surface area contributed by atoms with Crippen molar-refractivity contribution >= 4 is 24.0 Å². The molecule has 2 aliphatic heterocycles. The molecular weight excluding hydrogens is 432 g/mol. The Kier molecular flexibility index (Phi) is 7.60. The number of nitrogens with one attached hydrogen (secondary N) is 2. The summed E-state index contributed by atoms with van der Waals surface area (Å²) in [6, 6.07) is -0.624. The number of amides is 2. The smallest absolute Gasteiger partial charge is 0.310 e. The number of hydrogen-bond donors (Lipinski definition) is 2. The highest BCUT2D eigenvalue weighted by molar-refractivity contribution is 5.95. The molecule has 1 saturated heterocycles. The fraction of sp³-hybridized carbons (Fsp3) is 0.769. The Balaban J connectivity index is 1.72. The highest BCUT2D eigenvalue weighted by atomic mass is 16.5. The van der Waals surface area contributed by atoms with E-state index >= 15 is 0 Å². The van der Waals surface area contributed by atoms with Crippen LogP contribution in [0.5, 0.6) is 0 Å². The number of likely N-dealkylation sites (tertiary alicyclic amines) is 1. The van der Waals surface area contributed by atoms with Crippen LogP contribution < -0.4 is 10.6 Å². The molecule has 0 aromatic carbocycles. The molecule has 3 aliphatic rings. The molecule has 8 nitrogen and oxygen atoms in total. The van der Waals surface area contributed by atoms with Crippen LogP contribution in [-0.4, -0.2) is 71.8 Å². The van der Waals surface area contributed by atoms with Gasteiger partial charge in [0.1, 0.15) is 11.6 Å². The molecule has 0 aromatic heterocycles. The minimum absolute atomic E-state index is 0.0587. The summed E-state index contributed by atoms with van der Waals surface area (Å²) in [5, 5.41) is 6.60. The van der Waals surface area contributed by atoms with Gasteiger partial charge in [-0.05, 0) is 57.9 Å². The van der Waals surface area contributed by atoms with Gasteiger partial charge in [0, 0.05) is 36.8 Å². The molecule has 0 bridgehead atoms. The van der Waals surface area contributed by atoms with E-state index in [9.17, 15) is 14.4 Å². The van der Waals surface area contributed by atoms with Crippen LogP contribution in [0.1, 0.15) is 73.6 Å². The summed E-state index contributed by atoms with van der Waals surface area (Å²) in [7, 11) is 1.40. The van der Waals surface area contributed by atoms with Crippen molar-refractivity contribution in [3.05, 3.63) is 12.2 Å². The summed E-state index contributed by atoms with van der Waals surface area (Å²) in [5.41, 5.74) is -1.41. The second-order valence-electron chi connectivity index (χ2n) is 12.0. The molecule has 2 amide bonds. The van der Waals surface area contributed by atoms with Crippen LogP contribution in [0.3, 0.4) is 0 Å². The van der Waals surface area contributed by atoms with E-state index in [4.69, 9.17) is 4.74 Å². The molecule has 2 fully saturated rings. The van der Waals surface area contributed by atoms with E-state index in [1.807, 2.05) is 32.9 Å². The van der Waals surface area contributed by atoms with E-state index < -0.39 is 17.0 Å². The summed E-state index contributed by atoms with van der Waals surface area (Å²) in [6.45, 7) is 12.8. The summed E-state index contributed by atoms with van der Waals surface area (Å²) in [6.07, 6.45) is 8.72. The lowest BCUT2D eigenvalue weighted by atomic mass is 9.70. The minimum Gasteiger partial charge on any atom is -0.469 e. The van der Waals surface area contributed by atoms with E-state index in [1.165, 1.54) is 7.11 Å². The van der Waals surface area contributed by atoms with Crippen molar-refractivity contribution in [3.8, 4) is 0 Å². The van der Waals surface area contributed by atoms with E-state index in [0.717, 1.165) is 12.8 Å². The van der Waals surface area contributed by atoms with Gasteiger partial charge in [-0.2, -0.15) is 0 Å². The zero-order chi connectivity index (χ0) is 25.3. The van der Waals surface area contributed by atoms with E-state index in [2.05, 4.69) is 36.4 Å². The average Bonchev–Trinajstić information content (AvgIpc) is 3.11. The van der Waals surface area contributed by atoms with Crippen molar-refractivity contribution in [1.29, 1.82) is 0 Å². The Morgan fingerprint density at radius 1 is 1.15 bits per heavy atom. The van der Waals surface area contributed by atoms with Crippen LogP contribution in [-0.2, 0) is 19.1 Å². The first-order valence-corrected chi connectivity index (χ1v) is 12.5. The highest BCUT2D eigenvalue weighted by Gasteiger charge is 2.51. The van der Waals surface area contributed by atoms with E-state index in [-0.39, 0.29) is 41.3 Å². The normalized spacial score (nSPS) is 32.1. The number of methoxy groups -OCH3 is 1. The Bertz CT molecular complexity index is 854. The molecule has 2 N–H and O–H groups in total. The molecule has 0 aromatic rings. The quantitative estimate of drug-likeness (QED) is 0.597. The molecule has 5 atom stereocenters. The van der Waals surface area contributed by atoms with Gasteiger partial charge in [0.05, 0.1) is 13.0 Å². The van der Waals surface area contributed by atoms with Gasteiger partial charge in [-0.15, -0.1) is 0 Å². The molecule has 1 aliphatic carbocycles. The van der Waals surface area contributed by atoms with Crippen LogP contribution >= 0.6 is 0 Å². The van der Waals surface area contributed by atoms with Crippen molar-refractivity contribution in [1.82, 2.24) is 15.5 Å². The topological polar surface area (TPSA) is 100 Å². The third-order valence-corrected chi connectivity index (χ3v) is 7.45. The number of rotatable bonds is 5. The van der Waals surface area contributed by atoms with Gasteiger partial charge < -0.3 is 20.3 Å². The summed E-state index contributed by atoms with van der Waals surface area (Å²) in [4.78, 5) is 45.9. The van der Waals surface area contributed by atoms with Crippen molar-refractivity contribution in [2.45, 2.75) is 103 Å². The summed E-state index contributed by atoms with van der Waals surface area (Å²) >= 11 is 0. The molecule has 8 heteroatoms. The Hall–Kier alpha value is -2.22. The Labute approximate surface area is 204 Å². The second-order valence-corrected chi connectivity index (χ2v) is 12.0. The van der Waals surface area contributed by atoms with Gasteiger partial charge >= 0.3 is 5.97 Å². The largest absolute Gasteiger partial charge is 0.469 e. The SMILES string of the molecule is COC(=O)[C@@H]1C[C@H](NC(C)(C)C)CC[C@@H]1N1CC[C@H](NC(=O)C2(C(C)(C)C)CC=CC=N2)C1=O. The maximum atomic E-state index is 13.4. The van der Waals surface area contributed by atoms with Crippen molar-refractivity contribution in [2.75, 3.05) is 13.7 Å². The summed E-state index contributed by atoms with van der Waals surface area (Å²) < 4.78 is 5.12. The van der Waals surface area contributed by atoms with Crippen molar-refractivity contribution < 1.29 is 19.1 Å². The predicted molar refractivity (Wildman–Crippen MR) is 133 cm³/mol. The van der Waals surface area contributed by atoms with Crippen LogP contribution in [0.2, 0.25) is 0 Å². The molecule has 1 saturated carbocycles. The lowest BCUT2D eigenvalue weighted by molar-refractivity contribution is -0.152. The standard InChI is InChI=1S/C26H42N4O4/c1-24(2,3)26(13-8-9-14-27-26)23(33)28-19-12-15-30(21(19)31)20-11-10-17(29-25(4,5)6)16-18(20)22(32)34-7/h8-9,14,17-20,29H,10-13,15-16H2,1-7H3,(H,28,33)/t17-,18-,19+,20+,26?/m1/s1. The van der Waals surface area contributed by atoms with E-state index in [1.54, 1.807) is 11.1 Å². The van der Waals surface area contributed by atoms with Crippen molar-refractivity contribution in [2.24, 2.45) is 16.3 Å². The number of ether oxygens (including phenoxy) is 1. The van der Waals surface area contributed by atoms with Crippen LogP contribution in [0.4, 0.5) is 0 Å². The monoisotopic (exact) mass is 474 g/mol. The maximum Gasteiger partial charge on any atom is 0.310 e. The zero-order valence-corrected chi connectivity index (χ0v) is 21.8. The first-order chi connectivity index (χ1) is 15.8. The van der Waals surface area contributed by atoms with Gasteiger partial charge in [-0.3, -0.25) is 19.4 Å². The molecule has 3 rings (SSSR count). The number of carbonyl (C=O) groups is 3. The lowest BCUT2D eigenvalue weighted by Crippen LogP contribution is -2.58. The van der Waals surface area contributed by atoms with Gasteiger partial charge in [0.25, 0.3) is 0 Å². The van der Waals surface area contributed by atoms with Crippen LogP contribution in [0.25, 0.3) is 0 Å². The fourth-order valence-electron chi connectivity index (χ4n) is 5.63. The number of hydrogen-bond acceptors (Lipinski definition) is 6. The van der Waals surface area contributed by atoms with Crippen LogP contribution in [0.15, 0.2) is 17.1 Å². The first kappa shape index (κ1) is 26.4. The number of dihydropyridines is 1. The van der Waals surface area contributed by atoms with Gasteiger partial charge in [-0.1, -0.05) is 26.8 Å². The Morgan fingerprint density at radius 2 is 1.85 bits per heavy atom. The number of aliphatic imine (C=N–C) groups is 1. The predicted octanol–water partition coefficient (Wildman–Crippen LogP) is 2.62. The fourth-order valence-corrected chi connectivity index (χ4v) is 5.63. The Morgan fingerprint density at radius 3 is 2.41 bits per heavy atom. The molecular formula is C26H42N4O4. The number of allylic oxidation sites excluding steroid dienone is 1. The molecule has 190 valence electrons. The zero-order valence-electron chi connectivity index (χ0n) is 21.8. The second kappa shape index (κ2) is 9.80. The molecule has 0 spiro atoms. The highest BCUT2D eigenvalue weighted by Crippen LogP contribution is 2.39. The molecule has 0 radical (unpaired) electrons. The molecule has 2 heterocycles. The number of carbonyl (C=O) groups excluding carboxylic acids is 3. The lowest BCUT2D eigenvalue weighted by Gasteiger charge is -2.42. The van der Waals surface area contributed by atoms with Gasteiger partial charge in [0.15, 0.2) is 0 Å². The third-order valence-electron chi connectivity index (χ3n) is 7.45. The average molecular weight is 475 g/mol.